The lowest BCUT2D eigenvalue weighted by molar-refractivity contribution is 0.147. The number of nitrogens with two attached hydrogens (primary N) is 1. The fourth-order valence-electron chi connectivity index (χ4n) is 0.796. The molecule has 1 heterocycles. The van der Waals surface area contributed by atoms with E-state index in [1.165, 1.54) is 0 Å². The molecule has 66 valence electrons. The largest absolute Gasteiger partial charge is 0.506 e. The Morgan fingerprint density at radius 3 is 2.75 bits per heavy atom. The Labute approximate surface area is 67.8 Å². The van der Waals surface area contributed by atoms with Crippen molar-refractivity contribution in [3.63, 3.8) is 0 Å². The number of halogens is 2. The smallest absolute Gasteiger partial charge is 0.267 e. The molecule has 1 aromatic heterocycles. The maximum Gasteiger partial charge on any atom is 0.267 e. The van der Waals surface area contributed by atoms with E-state index in [4.69, 9.17) is 10.8 Å². The van der Waals surface area contributed by atoms with Crippen LogP contribution < -0.4 is 5.73 Å². The van der Waals surface area contributed by atoms with Crippen LogP contribution in [-0.4, -0.2) is 10.1 Å². The Bertz CT molecular complexity index is 278. The summed E-state index contributed by atoms with van der Waals surface area (Å²) in [6.45, 7) is 0.0833. The molecule has 0 amide bonds. The van der Waals surface area contributed by atoms with E-state index in [1.54, 1.807) is 0 Å². The Morgan fingerprint density at radius 1 is 1.58 bits per heavy atom. The number of aromatic hydroxyl groups is 1. The lowest BCUT2D eigenvalue weighted by atomic mass is 10.2. The summed E-state index contributed by atoms with van der Waals surface area (Å²) < 4.78 is 24.2. The summed E-state index contributed by atoms with van der Waals surface area (Å²) >= 11 is 0. The first-order chi connectivity index (χ1) is 5.65. The lowest BCUT2D eigenvalue weighted by Gasteiger charge is -2.03. The number of aromatic nitrogens is 1. The number of hydrogen-bond donors (Lipinski definition) is 2. The highest BCUT2D eigenvalue weighted by molar-refractivity contribution is 5.32. The van der Waals surface area contributed by atoms with E-state index in [0.717, 1.165) is 12.3 Å². The molecule has 0 saturated heterocycles. The van der Waals surface area contributed by atoms with E-state index in [9.17, 15) is 8.78 Å². The molecule has 0 saturated carbocycles. The summed E-state index contributed by atoms with van der Waals surface area (Å²) in [5, 5.41) is 8.92. The van der Waals surface area contributed by atoms with Gasteiger partial charge in [-0.05, 0) is 6.07 Å². The molecular formula is C7H8F2N2O. The minimum atomic E-state index is -2.70. The van der Waals surface area contributed by atoms with Crippen LogP contribution >= 0.6 is 0 Å². The van der Waals surface area contributed by atoms with Gasteiger partial charge in [0.2, 0.25) is 0 Å². The number of nitrogens with zero attached hydrogens (tertiary/aromatic N) is 1. The normalized spacial score (nSPS) is 10.7. The average molecular weight is 174 g/mol. The lowest BCUT2D eigenvalue weighted by Crippen LogP contribution is -2.00. The molecule has 1 rings (SSSR count). The number of rotatable bonds is 2. The van der Waals surface area contributed by atoms with E-state index in [-0.39, 0.29) is 6.54 Å². The third-order valence-electron chi connectivity index (χ3n) is 1.41. The van der Waals surface area contributed by atoms with Gasteiger partial charge in [-0.15, -0.1) is 0 Å². The van der Waals surface area contributed by atoms with Crippen LogP contribution in [-0.2, 0) is 6.54 Å². The zero-order valence-corrected chi connectivity index (χ0v) is 6.17. The highest BCUT2D eigenvalue weighted by Gasteiger charge is 2.13. The molecule has 0 aliphatic heterocycles. The maximum absolute atomic E-state index is 12.1. The molecule has 0 atom stereocenters. The highest BCUT2D eigenvalue weighted by atomic mass is 19.3. The van der Waals surface area contributed by atoms with Gasteiger partial charge in [0, 0.05) is 6.54 Å². The van der Waals surface area contributed by atoms with Gasteiger partial charge in [0.05, 0.1) is 17.5 Å². The molecule has 3 N–H and O–H groups in total. The summed E-state index contributed by atoms with van der Waals surface area (Å²) in [5.74, 6) is -0.498. The van der Waals surface area contributed by atoms with Gasteiger partial charge in [-0.25, -0.2) is 8.78 Å². The van der Waals surface area contributed by atoms with Gasteiger partial charge in [0.25, 0.3) is 6.43 Å². The Kier molecular flexibility index (Phi) is 2.54. The van der Waals surface area contributed by atoms with E-state index in [0.29, 0.717) is 5.69 Å². The second kappa shape index (κ2) is 3.44. The van der Waals surface area contributed by atoms with Crippen molar-refractivity contribution >= 4 is 0 Å². The summed E-state index contributed by atoms with van der Waals surface area (Å²) in [6, 6.07) is 1.10. The van der Waals surface area contributed by atoms with Gasteiger partial charge in [0.1, 0.15) is 5.75 Å². The first-order valence-corrected chi connectivity index (χ1v) is 3.31. The zero-order chi connectivity index (χ0) is 9.14. The minimum Gasteiger partial charge on any atom is -0.506 e. The molecule has 0 aliphatic carbocycles. The SMILES string of the molecule is NCc1cc(C(F)F)c(O)cn1. The van der Waals surface area contributed by atoms with Gasteiger partial charge in [0.15, 0.2) is 0 Å². The topological polar surface area (TPSA) is 59.1 Å². The van der Waals surface area contributed by atoms with Crippen LogP contribution in [0.15, 0.2) is 12.3 Å². The molecule has 5 heteroatoms. The van der Waals surface area contributed by atoms with E-state index in [2.05, 4.69) is 4.98 Å². The summed E-state index contributed by atoms with van der Waals surface area (Å²) in [6.07, 6.45) is -1.72. The predicted octanol–water partition coefficient (Wildman–Crippen LogP) is 1.18. The Morgan fingerprint density at radius 2 is 2.25 bits per heavy atom. The van der Waals surface area contributed by atoms with Crippen molar-refractivity contribution in [3.05, 3.63) is 23.5 Å². The second-order valence-corrected chi connectivity index (χ2v) is 2.24. The number of hydrogen-bond acceptors (Lipinski definition) is 3. The van der Waals surface area contributed by atoms with Gasteiger partial charge in [-0.1, -0.05) is 0 Å². The van der Waals surface area contributed by atoms with Crippen LogP contribution in [0.4, 0.5) is 8.78 Å². The van der Waals surface area contributed by atoms with Crippen molar-refractivity contribution < 1.29 is 13.9 Å². The van der Waals surface area contributed by atoms with Crippen molar-refractivity contribution in [2.75, 3.05) is 0 Å². The average Bonchev–Trinajstić information content (AvgIpc) is 2.05. The first-order valence-electron chi connectivity index (χ1n) is 3.31. The van der Waals surface area contributed by atoms with Crippen LogP contribution in [0.1, 0.15) is 17.7 Å². The predicted molar refractivity (Wildman–Crippen MR) is 38.8 cm³/mol. The van der Waals surface area contributed by atoms with E-state index < -0.39 is 17.7 Å². The number of alkyl halides is 2. The second-order valence-electron chi connectivity index (χ2n) is 2.24. The standard InChI is InChI=1S/C7H8F2N2O/c8-7(9)5-1-4(2-10)11-3-6(5)12/h1,3,7,12H,2,10H2. The molecule has 0 unspecified atom stereocenters. The number of pyridine rings is 1. The van der Waals surface area contributed by atoms with Crippen LogP contribution in [0.3, 0.4) is 0 Å². The summed E-state index contributed by atoms with van der Waals surface area (Å²) in [5.41, 5.74) is 5.09. The van der Waals surface area contributed by atoms with Crippen molar-refractivity contribution in [1.29, 1.82) is 0 Å². The van der Waals surface area contributed by atoms with E-state index >= 15 is 0 Å². The molecule has 3 nitrogen and oxygen atoms in total. The molecule has 0 fully saturated rings. The third kappa shape index (κ3) is 1.68. The summed E-state index contributed by atoms with van der Waals surface area (Å²) in [7, 11) is 0. The molecular weight excluding hydrogens is 166 g/mol. The highest BCUT2D eigenvalue weighted by Crippen LogP contribution is 2.27. The maximum atomic E-state index is 12.1. The Balaban J connectivity index is 3.08. The monoisotopic (exact) mass is 174 g/mol. The molecule has 1 aromatic rings. The van der Waals surface area contributed by atoms with Crippen LogP contribution in [0.2, 0.25) is 0 Å². The van der Waals surface area contributed by atoms with Gasteiger partial charge >= 0.3 is 0 Å². The quantitative estimate of drug-likeness (QED) is 0.707. The van der Waals surface area contributed by atoms with Gasteiger partial charge in [-0.3, -0.25) is 4.98 Å². The van der Waals surface area contributed by atoms with Crippen molar-refractivity contribution in [2.45, 2.75) is 13.0 Å². The van der Waals surface area contributed by atoms with Crippen molar-refractivity contribution in [3.8, 4) is 5.75 Å². The minimum absolute atomic E-state index is 0.0833. The fourth-order valence-corrected chi connectivity index (χ4v) is 0.796. The van der Waals surface area contributed by atoms with Crippen LogP contribution in [0.25, 0.3) is 0 Å². The molecule has 0 spiro atoms. The molecule has 0 aromatic carbocycles. The summed E-state index contributed by atoms with van der Waals surface area (Å²) in [4.78, 5) is 3.63. The molecule has 0 radical (unpaired) electrons. The van der Waals surface area contributed by atoms with E-state index in [1.807, 2.05) is 0 Å². The van der Waals surface area contributed by atoms with Gasteiger partial charge in [-0.2, -0.15) is 0 Å². The zero-order valence-electron chi connectivity index (χ0n) is 6.17. The Hall–Kier alpha value is -1.23. The van der Waals surface area contributed by atoms with Crippen LogP contribution in [0.5, 0.6) is 5.75 Å². The molecule has 12 heavy (non-hydrogen) atoms. The van der Waals surface area contributed by atoms with Crippen LogP contribution in [0, 0.1) is 0 Å². The van der Waals surface area contributed by atoms with Crippen molar-refractivity contribution in [1.82, 2.24) is 4.98 Å². The van der Waals surface area contributed by atoms with Crippen molar-refractivity contribution in [2.24, 2.45) is 5.73 Å². The third-order valence-corrected chi connectivity index (χ3v) is 1.41. The van der Waals surface area contributed by atoms with Gasteiger partial charge < -0.3 is 10.8 Å². The molecule has 0 aliphatic rings. The first kappa shape index (κ1) is 8.86. The molecule has 0 bridgehead atoms. The fraction of sp³-hybridized carbons (Fsp3) is 0.286.